The van der Waals surface area contributed by atoms with Gasteiger partial charge in [-0.15, -0.1) is 11.3 Å². The maximum absolute atomic E-state index is 11.1. The Morgan fingerprint density at radius 3 is 2.57 bits per heavy atom. The second-order valence-electron chi connectivity index (χ2n) is 3.55. The number of carboxylic acids is 1. The van der Waals surface area contributed by atoms with Gasteiger partial charge in [-0.25, -0.2) is 0 Å². The van der Waals surface area contributed by atoms with E-state index in [1.165, 1.54) is 11.3 Å². The lowest BCUT2D eigenvalue weighted by Gasteiger charge is -2.40. The van der Waals surface area contributed by atoms with E-state index in [0.29, 0.717) is 12.8 Å². The van der Waals surface area contributed by atoms with E-state index in [1.807, 2.05) is 12.1 Å². The standard InChI is InChI=1S/C9H9BrO3S/c10-7-2-1-6(14-7)9(8(12)13)3-5(11)4-9/h1-2,5,11H,3-4H2,(H,12,13). The van der Waals surface area contributed by atoms with Gasteiger partial charge in [0.1, 0.15) is 5.41 Å². The quantitative estimate of drug-likeness (QED) is 0.869. The molecule has 1 fully saturated rings. The zero-order valence-corrected chi connectivity index (χ0v) is 9.64. The lowest BCUT2D eigenvalue weighted by molar-refractivity contribution is -0.152. The second kappa shape index (κ2) is 3.32. The van der Waals surface area contributed by atoms with E-state index in [0.717, 1.165) is 8.66 Å². The van der Waals surface area contributed by atoms with Gasteiger partial charge >= 0.3 is 5.97 Å². The third-order valence-electron chi connectivity index (χ3n) is 2.62. The maximum atomic E-state index is 11.1. The average molecular weight is 277 g/mol. The SMILES string of the molecule is O=C(O)C1(c2ccc(Br)s2)CC(O)C1. The van der Waals surface area contributed by atoms with Crippen molar-refractivity contribution in [1.29, 1.82) is 0 Å². The first-order chi connectivity index (χ1) is 6.54. The molecule has 1 saturated carbocycles. The number of thiophene rings is 1. The maximum Gasteiger partial charge on any atom is 0.315 e. The molecule has 0 radical (unpaired) electrons. The summed E-state index contributed by atoms with van der Waals surface area (Å²) in [5, 5.41) is 18.4. The predicted molar refractivity (Wildman–Crippen MR) is 56.6 cm³/mol. The fourth-order valence-electron chi connectivity index (χ4n) is 1.80. The van der Waals surface area contributed by atoms with Gasteiger partial charge in [-0.3, -0.25) is 4.79 Å². The monoisotopic (exact) mass is 276 g/mol. The van der Waals surface area contributed by atoms with Crippen molar-refractivity contribution in [3.05, 3.63) is 20.8 Å². The zero-order chi connectivity index (χ0) is 10.3. The number of rotatable bonds is 2. The Balaban J connectivity index is 2.34. The number of aliphatic hydroxyl groups is 1. The van der Waals surface area contributed by atoms with Crippen molar-refractivity contribution < 1.29 is 15.0 Å². The summed E-state index contributed by atoms with van der Waals surface area (Å²) in [4.78, 5) is 12.0. The highest BCUT2D eigenvalue weighted by atomic mass is 79.9. The molecular formula is C9H9BrO3S. The van der Waals surface area contributed by atoms with E-state index in [1.54, 1.807) is 0 Å². The minimum Gasteiger partial charge on any atom is -0.481 e. The highest BCUT2D eigenvalue weighted by Gasteiger charge is 2.52. The molecule has 0 amide bonds. The number of hydrogen-bond acceptors (Lipinski definition) is 3. The molecule has 1 aromatic rings. The minimum atomic E-state index is -0.837. The molecule has 0 unspecified atom stereocenters. The number of carboxylic acid groups (broad SMARTS) is 1. The van der Waals surface area contributed by atoms with Gasteiger partial charge in [0.15, 0.2) is 0 Å². The fourth-order valence-corrected chi connectivity index (χ4v) is 3.38. The molecule has 1 heterocycles. The van der Waals surface area contributed by atoms with Crippen LogP contribution in [0.25, 0.3) is 0 Å². The molecule has 5 heteroatoms. The Morgan fingerprint density at radius 1 is 1.57 bits per heavy atom. The van der Waals surface area contributed by atoms with Crippen LogP contribution in [0, 0.1) is 0 Å². The number of carbonyl (C=O) groups is 1. The molecule has 3 nitrogen and oxygen atoms in total. The fraction of sp³-hybridized carbons (Fsp3) is 0.444. The summed E-state index contributed by atoms with van der Waals surface area (Å²) in [5.74, 6) is -0.836. The lowest BCUT2D eigenvalue weighted by Crippen LogP contribution is -2.50. The van der Waals surface area contributed by atoms with Gasteiger partial charge in [0.05, 0.1) is 9.89 Å². The molecule has 2 rings (SSSR count). The number of aliphatic hydroxyl groups excluding tert-OH is 1. The number of halogens is 1. The highest BCUT2D eigenvalue weighted by molar-refractivity contribution is 9.11. The van der Waals surface area contributed by atoms with Crippen LogP contribution in [0.15, 0.2) is 15.9 Å². The van der Waals surface area contributed by atoms with Gasteiger partial charge in [0, 0.05) is 4.88 Å². The summed E-state index contributed by atoms with van der Waals surface area (Å²) in [6.07, 6.45) is 0.192. The van der Waals surface area contributed by atoms with Crippen LogP contribution >= 0.6 is 27.3 Å². The molecule has 0 aromatic carbocycles. The Kier molecular flexibility index (Phi) is 2.41. The van der Waals surface area contributed by atoms with Gasteiger partial charge < -0.3 is 10.2 Å². The normalized spacial score (nSPS) is 31.1. The number of hydrogen-bond donors (Lipinski definition) is 2. The van der Waals surface area contributed by atoms with Crippen LogP contribution in [0.3, 0.4) is 0 Å². The largest absolute Gasteiger partial charge is 0.481 e. The zero-order valence-electron chi connectivity index (χ0n) is 7.24. The highest BCUT2D eigenvalue weighted by Crippen LogP contribution is 2.47. The van der Waals surface area contributed by atoms with Crippen LogP contribution < -0.4 is 0 Å². The first-order valence-corrected chi connectivity index (χ1v) is 5.83. The van der Waals surface area contributed by atoms with Crippen molar-refractivity contribution in [1.82, 2.24) is 0 Å². The molecule has 1 aliphatic carbocycles. The molecule has 1 aliphatic rings. The van der Waals surface area contributed by atoms with E-state index < -0.39 is 17.5 Å². The summed E-state index contributed by atoms with van der Waals surface area (Å²) < 4.78 is 0.925. The van der Waals surface area contributed by atoms with Crippen LogP contribution in [0.5, 0.6) is 0 Å². The summed E-state index contributed by atoms with van der Waals surface area (Å²) in [5.41, 5.74) is -0.837. The van der Waals surface area contributed by atoms with Crippen LogP contribution in [-0.4, -0.2) is 22.3 Å². The van der Waals surface area contributed by atoms with Crippen molar-refractivity contribution in [3.8, 4) is 0 Å². The lowest BCUT2D eigenvalue weighted by atomic mass is 9.66. The minimum absolute atomic E-state index is 0.329. The topological polar surface area (TPSA) is 57.5 Å². The second-order valence-corrected chi connectivity index (χ2v) is 6.02. The Labute approximate surface area is 93.5 Å². The molecule has 14 heavy (non-hydrogen) atoms. The summed E-state index contributed by atoms with van der Waals surface area (Å²) in [6, 6.07) is 3.66. The van der Waals surface area contributed by atoms with Crippen molar-refractivity contribution in [2.45, 2.75) is 24.4 Å². The van der Waals surface area contributed by atoms with E-state index in [-0.39, 0.29) is 0 Å². The first-order valence-electron chi connectivity index (χ1n) is 4.22. The van der Waals surface area contributed by atoms with Gasteiger partial charge in [0.2, 0.25) is 0 Å². The molecule has 0 aliphatic heterocycles. The first kappa shape index (κ1) is 10.1. The summed E-state index contributed by atoms with van der Waals surface area (Å²) in [7, 11) is 0. The number of aliphatic carboxylic acids is 1. The Morgan fingerprint density at radius 2 is 2.21 bits per heavy atom. The third-order valence-corrected chi connectivity index (χ3v) is 4.45. The third kappa shape index (κ3) is 1.39. The predicted octanol–water partition coefficient (Wildman–Crippen LogP) is 1.99. The van der Waals surface area contributed by atoms with Crippen LogP contribution in [0.1, 0.15) is 17.7 Å². The smallest absolute Gasteiger partial charge is 0.315 e. The van der Waals surface area contributed by atoms with Crippen molar-refractivity contribution in [2.24, 2.45) is 0 Å². The van der Waals surface area contributed by atoms with Crippen LogP contribution in [0.2, 0.25) is 0 Å². The van der Waals surface area contributed by atoms with Gasteiger partial charge in [-0.05, 0) is 40.9 Å². The molecule has 76 valence electrons. The molecule has 1 aromatic heterocycles. The molecule has 2 N–H and O–H groups in total. The van der Waals surface area contributed by atoms with Crippen molar-refractivity contribution >= 4 is 33.2 Å². The van der Waals surface area contributed by atoms with Crippen molar-refractivity contribution in [2.75, 3.05) is 0 Å². The molecule has 0 bridgehead atoms. The summed E-state index contributed by atoms with van der Waals surface area (Å²) in [6.45, 7) is 0. The van der Waals surface area contributed by atoms with E-state index >= 15 is 0 Å². The molecule has 0 saturated heterocycles. The van der Waals surface area contributed by atoms with Crippen molar-refractivity contribution in [3.63, 3.8) is 0 Å². The van der Waals surface area contributed by atoms with E-state index in [4.69, 9.17) is 5.11 Å². The van der Waals surface area contributed by atoms with Gasteiger partial charge in [0.25, 0.3) is 0 Å². The van der Waals surface area contributed by atoms with Crippen LogP contribution in [0.4, 0.5) is 0 Å². The van der Waals surface area contributed by atoms with Crippen LogP contribution in [-0.2, 0) is 10.2 Å². The van der Waals surface area contributed by atoms with E-state index in [2.05, 4.69) is 15.9 Å². The molecule has 0 spiro atoms. The van der Waals surface area contributed by atoms with Gasteiger partial charge in [-0.2, -0.15) is 0 Å². The molecule has 0 atom stereocenters. The Hall–Kier alpha value is -0.390. The molecular weight excluding hydrogens is 268 g/mol. The average Bonchev–Trinajstić information content (AvgIpc) is 2.45. The summed E-state index contributed by atoms with van der Waals surface area (Å²) >= 11 is 4.73. The van der Waals surface area contributed by atoms with E-state index in [9.17, 15) is 9.90 Å². The Bertz CT molecular complexity index is 368. The van der Waals surface area contributed by atoms with Gasteiger partial charge in [-0.1, -0.05) is 0 Å².